The molecule has 2 nitrogen and oxygen atoms in total. The first kappa shape index (κ1) is 11.7. The molecule has 0 aliphatic carbocycles. The summed E-state index contributed by atoms with van der Waals surface area (Å²) >= 11 is 5.79. The second-order valence-electron chi connectivity index (χ2n) is 3.90. The molecule has 0 spiro atoms. The average molecular weight is 244 g/mol. The highest BCUT2D eigenvalue weighted by atomic mass is 35.5. The molecule has 0 radical (unpaired) electrons. The summed E-state index contributed by atoms with van der Waals surface area (Å²) < 4.78 is 19.0. The Bertz CT molecular complexity index is 397. The summed E-state index contributed by atoms with van der Waals surface area (Å²) in [5.74, 6) is 0.187. The predicted octanol–water partition coefficient (Wildman–Crippen LogP) is 3.30. The van der Waals surface area contributed by atoms with E-state index in [9.17, 15) is 4.39 Å². The third-order valence-corrected chi connectivity index (χ3v) is 3.15. The smallest absolute Gasteiger partial charge is 0.145 e. The molecule has 0 amide bonds. The standard InChI is InChI=1S/C12H15ClFNO/c1-3-10-12(15-4-2)7-5-8(13)9(14)6-11(7)16-10/h5-6,10,12,15H,3-4H2,1-2H3. The van der Waals surface area contributed by atoms with Crippen molar-refractivity contribution >= 4 is 11.6 Å². The zero-order chi connectivity index (χ0) is 11.7. The number of rotatable bonds is 3. The first-order chi connectivity index (χ1) is 7.67. The fourth-order valence-electron chi connectivity index (χ4n) is 2.10. The number of halogens is 2. The quantitative estimate of drug-likeness (QED) is 0.880. The van der Waals surface area contributed by atoms with Gasteiger partial charge in [0.1, 0.15) is 17.7 Å². The van der Waals surface area contributed by atoms with Crippen LogP contribution in [0.15, 0.2) is 12.1 Å². The maximum Gasteiger partial charge on any atom is 0.145 e. The highest BCUT2D eigenvalue weighted by molar-refractivity contribution is 6.30. The van der Waals surface area contributed by atoms with Gasteiger partial charge in [0.15, 0.2) is 0 Å². The molecule has 1 heterocycles. The second kappa shape index (κ2) is 4.60. The molecule has 4 heteroatoms. The Balaban J connectivity index is 2.38. The largest absolute Gasteiger partial charge is 0.488 e. The molecule has 0 saturated carbocycles. The first-order valence-electron chi connectivity index (χ1n) is 5.56. The Morgan fingerprint density at radius 2 is 2.19 bits per heavy atom. The molecule has 1 aromatic rings. The van der Waals surface area contributed by atoms with Crippen LogP contribution in [-0.2, 0) is 0 Å². The lowest BCUT2D eigenvalue weighted by Crippen LogP contribution is -2.30. The van der Waals surface area contributed by atoms with Crippen molar-refractivity contribution in [1.82, 2.24) is 5.32 Å². The molecular formula is C12H15ClFNO. The Hall–Kier alpha value is -0.800. The van der Waals surface area contributed by atoms with E-state index < -0.39 is 5.82 Å². The van der Waals surface area contributed by atoms with Gasteiger partial charge < -0.3 is 10.1 Å². The molecule has 0 aromatic heterocycles. The molecule has 88 valence electrons. The lowest BCUT2D eigenvalue weighted by molar-refractivity contribution is 0.186. The summed E-state index contributed by atoms with van der Waals surface area (Å²) in [6, 6.07) is 3.15. The van der Waals surface area contributed by atoms with E-state index in [1.165, 1.54) is 6.07 Å². The van der Waals surface area contributed by atoms with Crippen LogP contribution in [0, 0.1) is 5.82 Å². The Morgan fingerprint density at radius 1 is 1.44 bits per heavy atom. The average Bonchev–Trinajstić information content (AvgIpc) is 2.58. The number of likely N-dealkylation sites (N-methyl/N-ethyl adjacent to an activating group) is 1. The monoisotopic (exact) mass is 243 g/mol. The summed E-state index contributed by atoms with van der Waals surface area (Å²) in [6.07, 6.45) is 0.943. The van der Waals surface area contributed by atoms with Gasteiger partial charge in [-0.1, -0.05) is 25.4 Å². The van der Waals surface area contributed by atoms with E-state index in [1.54, 1.807) is 6.07 Å². The van der Waals surface area contributed by atoms with E-state index in [-0.39, 0.29) is 17.2 Å². The SMILES string of the molecule is CCNC1c2cc(Cl)c(F)cc2OC1CC. The number of hydrogen-bond acceptors (Lipinski definition) is 2. The molecule has 0 fully saturated rings. The van der Waals surface area contributed by atoms with Crippen molar-refractivity contribution in [3.05, 3.63) is 28.5 Å². The molecule has 2 rings (SSSR count). The Labute approximate surface area is 99.7 Å². The van der Waals surface area contributed by atoms with Gasteiger partial charge in [-0.05, 0) is 19.0 Å². The molecule has 1 aliphatic rings. The number of fused-ring (bicyclic) bond motifs is 1. The zero-order valence-electron chi connectivity index (χ0n) is 9.39. The fourth-order valence-corrected chi connectivity index (χ4v) is 2.27. The van der Waals surface area contributed by atoms with Crippen LogP contribution in [0.5, 0.6) is 5.75 Å². The minimum atomic E-state index is -0.424. The molecule has 0 saturated heterocycles. The van der Waals surface area contributed by atoms with Crippen molar-refractivity contribution in [1.29, 1.82) is 0 Å². The topological polar surface area (TPSA) is 21.3 Å². The van der Waals surface area contributed by atoms with Crippen LogP contribution in [0.25, 0.3) is 0 Å². The number of ether oxygens (including phenoxy) is 1. The molecule has 16 heavy (non-hydrogen) atoms. The molecule has 2 atom stereocenters. The lowest BCUT2D eigenvalue weighted by atomic mass is 10.0. The summed E-state index contributed by atoms with van der Waals surface area (Å²) in [4.78, 5) is 0. The van der Waals surface area contributed by atoms with Crippen LogP contribution in [0.2, 0.25) is 5.02 Å². The van der Waals surface area contributed by atoms with Crippen molar-refractivity contribution < 1.29 is 9.13 Å². The fraction of sp³-hybridized carbons (Fsp3) is 0.500. The van der Waals surface area contributed by atoms with Crippen molar-refractivity contribution in [3.63, 3.8) is 0 Å². The van der Waals surface area contributed by atoms with Gasteiger partial charge in [0, 0.05) is 11.6 Å². The minimum absolute atomic E-state index is 0.0628. The van der Waals surface area contributed by atoms with Crippen molar-refractivity contribution in [3.8, 4) is 5.75 Å². The van der Waals surface area contributed by atoms with Gasteiger partial charge in [-0.25, -0.2) is 4.39 Å². The molecule has 2 unspecified atom stereocenters. The number of nitrogens with one attached hydrogen (secondary N) is 1. The highest BCUT2D eigenvalue weighted by Gasteiger charge is 2.33. The van der Waals surface area contributed by atoms with E-state index >= 15 is 0 Å². The summed E-state index contributed by atoms with van der Waals surface area (Å²) in [5.41, 5.74) is 0.958. The van der Waals surface area contributed by atoms with Crippen LogP contribution >= 0.6 is 11.6 Å². The van der Waals surface area contributed by atoms with Gasteiger partial charge in [0.05, 0.1) is 11.1 Å². The van der Waals surface area contributed by atoms with Gasteiger partial charge in [0.25, 0.3) is 0 Å². The van der Waals surface area contributed by atoms with Gasteiger partial charge in [-0.3, -0.25) is 0 Å². The third-order valence-electron chi connectivity index (χ3n) is 2.86. The van der Waals surface area contributed by atoms with E-state index in [0.717, 1.165) is 18.5 Å². The maximum absolute atomic E-state index is 13.3. The van der Waals surface area contributed by atoms with Crippen molar-refractivity contribution in [2.75, 3.05) is 6.54 Å². The van der Waals surface area contributed by atoms with Crippen LogP contribution in [-0.4, -0.2) is 12.6 Å². The van der Waals surface area contributed by atoms with Crippen molar-refractivity contribution in [2.24, 2.45) is 0 Å². The van der Waals surface area contributed by atoms with Gasteiger partial charge in [0.2, 0.25) is 0 Å². The van der Waals surface area contributed by atoms with E-state index in [4.69, 9.17) is 16.3 Å². The molecule has 1 N–H and O–H groups in total. The Morgan fingerprint density at radius 3 is 2.81 bits per heavy atom. The third kappa shape index (κ3) is 1.89. The number of hydrogen-bond donors (Lipinski definition) is 1. The molecule has 1 aliphatic heterocycles. The predicted molar refractivity (Wildman–Crippen MR) is 62.5 cm³/mol. The van der Waals surface area contributed by atoms with E-state index in [1.807, 2.05) is 6.92 Å². The summed E-state index contributed by atoms with van der Waals surface area (Å²) in [6.45, 7) is 4.94. The highest BCUT2D eigenvalue weighted by Crippen LogP contribution is 2.40. The second-order valence-corrected chi connectivity index (χ2v) is 4.31. The van der Waals surface area contributed by atoms with E-state index in [2.05, 4.69) is 12.2 Å². The first-order valence-corrected chi connectivity index (χ1v) is 5.94. The van der Waals surface area contributed by atoms with Crippen LogP contribution in [0.1, 0.15) is 31.9 Å². The van der Waals surface area contributed by atoms with Crippen LogP contribution < -0.4 is 10.1 Å². The molecular weight excluding hydrogens is 229 g/mol. The van der Waals surface area contributed by atoms with Gasteiger partial charge in [-0.15, -0.1) is 0 Å². The number of benzene rings is 1. The van der Waals surface area contributed by atoms with E-state index in [0.29, 0.717) is 5.75 Å². The van der Waals surface area contributed by atoms with Crippen LogP contribution in [0.4, 0.5) is 4.39 Å². The lowest BCUT2D eigenvalue weighted by Gasteiger charge is -2.17. The molecule has 1 aromatic carbocycles. The van der Waals surface area contributed by atoms with Crippen molar-refractivity contribution in [2.45, 2.75) is 32.4 Å². The maximum atomic E-state index is 13.3. The zero-order valence-corrected chi connectivity index (χ0v) is 10.1. The Kier molecular flexibility index (Phi) is 3.36. The summed E-state index contributed by atoms with van der Waals surface area (Å²) in [5, 5.41) is 3.50. The van der Waals surface area contributed by atoms with Gasteiger partial charge in [-0.2, -0.15) is 0 Å². The normalized spacial score (nSPS) is 23.0. The van der Waals surface area contributed by atoms with Gasteiger partial charge >= 0.3 is 0 Å². The van der Waals surface area contributed by atoms with Crippen LogP contribution in [0.3, 0.4) is 0 Å². The molecule has 0 bridgehead atoms. The minimum Gasteiger partial charge on any atom is -0.488 e. The summed E-state index contributed by atoms with van der Waals surface area (Å²) in [7, 11) is 0.